The highest BCUT2D eigenvalue weighted by atomic mass is 19.3. The van der Waals surface area contributed by atoms with Gasteiger partial charge in [-0.3, -0.25) is 4.90 Å². The molecule has 154 valence electrons. The fourth-order valence-electron chi connectivity index (χ4n) is 4.14. The van der Waals surface area contributed by atoms with E-state index in [1.807, 2.05) is 6.07 Å². The Kier molecular flexibility index (Phi) is 5.45. The van der Waals surface area contributed by atoms with Crippen LogP contribution in [0.4, 0.5) is 8.78 Å². The molecule has 0 spiro atoms. The summed E-state index contributed by atoms with van der Waals surface area (Å²) in [7, 11) is 1.68. The lowest BCUT2D eigenvalue weighted by molar-refractivity contribution is 0.142. The van der Waals surface area contributed by atoms with Crippen LogP contribution >= 0.6 is 0 Å². The number of hydrogen-bond acceptors (Lipinski definition) is 5. The van der Waals surface area contributed by atoms with Crippen LogP contribution in [0.2, 0.25) is 0 Å². The van der Waals surface area contributed by atoms with E-state index in [0.29, 0.717) is 5.69 Å². The van der Waals surface area contributed by atoms with E-state index >= 15 is 0 Å². The Labute approximate surface area is 168 Å². The first-order valence-electron chi connectivity index (χ1n) is 9.82. The summed E-state index contributed by atoms with van der Waals surface area (Å²) in [6, 6.07) is 5.61. The molecule has 6 nitrogen and oxygen atoms in total. The van der Waals surface area contributed by atoms with Crippen molar-refractivity contribution in [3.05, 3.63) is 52.6 Å². The van der Waals surface area contributed by atoms with Gasteiger partial charge >= 0.3 is 0 Å². The van der Waals surface area contributed by atoms with Gasteiger partial charge in [0.15, 0.2) is 0 Å². The predicted molar refractivity (Wildman–Crippen MR) is 105 cm³/mol. The predicted octanol–water partition coefficient (Wildman–Crippen LogP) is 4.07. The fourth-order valence-corrected chi connectivity index (χ4v) is 4.14. The molecule has 1 aromatic carbocycles. The number of benzene rings is 1. The zero-order valence-corrected chi connectivity index (χ0v) is 16.9. The first-order valence-corrected chi connectivity index (χ1v) is 9.82. The summed E-state index contributed by atoms with van der Waals surface area (Å²) in [5.74, 6) is 1.23. The molecule has 1 saturated heterocycles. The van der Waals surface area contributed by atoms with Crippen LogP contribution in [0.25, 0.3) is 5.78 Å². The van der Waals surface area contributed by atoms with Gasteiger partial charge in [-0.25, -0.2) is 13.8 Å². The average Bonchev–Trinajstić information content (AvgIpc) is 3.19. The molecule has 8 heteroatoms. The zero-order chi connectivity index (χ0) is 20.5. The highest BCUT2D eigenvalue weighted by molar-refractivity contribution is 5.43. The summed E-state index contributed by atoms with van der Waals surface area (Å²) in [4.78, 5) is 10.9. The first kappa shape index (κ1) is 19.7. The molecule has 0 N–H and O–H groups in total. The zero-order valence-electron chi connectivity index (χ0n) is 16.9. The van der Waals surface area contributed by atoms with Gasteiger partial charge in [0.2, 0.25) is 0 Å². The molecule has 4 rings (SSSR count). The van der Waals surface area contributed by atoms with Crippen LogP contribution in [-0.4, -0.2) is 44.7 Å². The molecule has 0 aliphatic carbocycles. The normalized spacial score (nSPS) is 17.9. The third kappa shape index (κ3) is 3.81. The highest BCUT2D eigenvalue weighted by Gasteiger charge is 2.26. The molecule has 0 saturated carbocycles. The van der Waals surface area contributed by atoms with Crippen molar-refractivity contribution in [3.8, 4) is 5.75 Å². The van der Waals surface area contributed by atoms with Crippen LogP contribution < -0.4 is 4.74 Å². The Morgan fingerprint density at radius 1 is 1.24 bits per heavy atom. The van der Waals surface area contributed by atoms with Crippen molar-refractivity contribution in [3.63, 3.8) is 0 Å². The standard InChI is InChI=1S/C21H25F2N5O/c1-13-14(2)19(29-3)7-6-15(13)10-27-8-4-5-16(11-27)17-9-18(20(22)23)28-21(26-17)24-12-25-28/h6-7,9,12,16,20H,4-5,8,10-11H2,1-3H3. The second-order valence-corrected chi connectivity index (χ2v) is 7.63. The maximum atomic E-state index is 13.5. The number of nitrogens with zero attached hydrogens (tertiary/aromatic N) is 5. The molecule has 1 aliphatic rings. The van der Waals surface area contributed by atoms with Gasteiger partial charge in [0.25, 0.3) is 12.2 Å². The SMILES string of the molecule is COc1ccc(CN2CCCC(c3cc(C(F)F)n4ncnc4n3)C2)c(C)c1C. The largest absolute Gasteiger partial charge is 0.496 e. The van der Waals surface area contributed by atoms with Crippen LogP contribution in [-0.2, 0) is 6.54 Å². The second kappa shape index (κ2) is 8.02. The third-order valence-corrected chi connectivity index (χ3v) is 5.91. The second-order valence-electron chi connectivity index (χ2n) is 7.63. The van der Waals surface area contributed by atoms with Crippen LogP contribution in [0.3, 0.4) is 0 Å². The number of rotatable bonds is 5. The van der Waals surface area contributed by atoms with Gasteiger partial charge in [-0.2, -0.15) is 14.6 Å². The minimum absolute atomic E-state index is 0.0996. The molecule has 2 aromatic heterocycles. The summed E-state index contributed by atoms with van der Waals surface area (Å²) < 4.78 is 33.5. The van der Waals surface area contributed by atoms with Gasteiger partial charge in [-0.1, -0.05) is 6.07 Å². The van der Waals surface area contributed by atoms with E-state index in [4.69, 9.17) is 4.74 Å². The molecule has 3 heterocycles. The number of halogens is 2. The molecule has 1 fully saturated rings. The van der Waals surface area contributed by atoms with Crippen molar-refractivity contribution in [2.75, 3.05) is 20.2 Å². The lowest BCUT2D eigenvalue weighted by Crippen LogP contribution is -2.34. The van der Waals surface area contributed by atoms with E-state index in [2.05, 4.69) is 39.9 Å². The van der Waals surface area contributed by atoms with Gasteiger partial charge in [-0.15, -0.1) is 0 Å². The van der Waals surface area contributed by atoms with Crippen molar-refractivity contribution in [2.24, 2.45) is 0 Å². The molecular formula is C21H25F2N5O. The Hall–Kier alpha value is -2.61. The highest BCUT2D eigenvalue weighted by Crippen LogP contribution is 2.31. The van der Waals surface area contributed by atoms with E-state index in [1.165, 1.54) is 23.5 Å². The summed E-state index contributed by atoms with van der Waals surface area (Å²) in [5, 5.41) is 3.87. The van der Waals surface area contributed by atoms with Gasteiger partial charge in [0.1, 0.15) is 17.8 Å². The lowest BCUT2D eigenvalue weighted by Gasteiger charge is -2.33. The minimum atomic E-state index is -2.62. The smallest absolute Gasteiger partial charge is 0.280 e. The maximum Gasteiger partial charge on any atom is 0.280 e. The van der Waals surface area contributed by atoms with E-state index in [9.17, 15) is 8.78 Å². The molecule has 1 unspecified atom stereocenters. The Balaban J connectivity index is 1.56. The van der Waals surface area contributed by atoms with Crippen molar-refractivity contribution in [1.29, 1.82) is 0 Å². The van der Waals surface area contributed by atoms with Crippen LogP contribution in [0.5, 0.6) is 5.75 Å². The lowest BCUT2D eigenvalue weighted by atomic mass is 9.93. The van der Waals surface area contributed by atoms with Crippen molar-refractivity contribution < 1.29 is 13.5 Å². The quantitative estimate of drug-likeness (QED) is 0.645. The molecule has 0 radical (unpaired) electrons. The van der Waals surface area contributed by atoms with Gasteiger partial charge < -0.3 is 4.74 Å². The number of piperidine rings is 1. The van der Waals surface area contributed by atoms with Gasteiger partial charge in [0.05, 0.1) is 12.8 Å². The summed E-state index contributed by atoms with van der Waals surface area (Å²) in [6.07, 6.45) is 0.574. The Bertz CT molecular complexity index is 1020. The molecule has 3 aromatic rings. The van der Waals surface area contributed by atoms with Crippen LogP contribution in [0, 0.1) is 13.8 Å². The molecule has 0 amide bonds. The number of aromatic nitrogens is 4. The molecule has 0 bridgehead atoms. The van der Waals surface area contributed by atoms with Crippen LogP contribution in [0.15, 0.2) is 24.5 Å². The molecule has 29 heavy (non-hydrogen) atoms. The molecule has 1 aliphatic heterocycles. The van der Waals surface area contributed by atoms with E-state index in [1.54, 1.807) is 7.11 Å². The van der Waals surface area contributed by atoms with Crippen molar-refractivity contribution in [1.82, 2.24) is 24.5 Å². The Morgan fingerprint density at radius 2 is 2.07 bits per heavy atom. The summed E-state index contributed by atoms with van der Waals surface area (Å²) in [6.45, 7) is 6.77. The van der Waals surface area contributed by atoms with E-state index in [-0.39, 0.29) is 17.4 Å². The monoisotopic (exact) mass is 401 g/mol. The number of fused-ring (bicyclic) bond motifs is 1. The number of methoxy groups -OCH3 is 1. The number of likely N-dealkylation sites (tertiary alicyclic amines) is 1. The van der Waals surface area contributed by atoms with E-state index in [0.717, 1.165) is 48.3 Å². The topological polar surface area (TPSA) is 55.6 Å². The first-order chi connectivity index (χ1) is 14.0. The third-order valence-electron chi connectivity index (χ3n) is 5.91. The van der Waals surface area contributed by atoms with Gasteiger partial charge in [0, 0.05) is 19.0 Å². The van der Waals surface area contributed by atoms with Crippen molar-refractivity contribution in [2.45, 2.75) is 45.6 Å². The Morgan fingerprint density at radius 3 is 2.83 bits per heavy atom. The van der Waals surface area contributed by atoms with E-state index < -0.39 is 6.43 Å². The fraction of sp³-hybridized carbons (Fsp3) is 0.476. The summed E-state index contributed by atoms with van der Waals surface area (Å²) >= 11 is 0. The van der Waals surface area contributed by atoms with Gasteiger partial charge in [-0.05, 0) is 62.1 Å². The number of alkyl halides is 2. The number of ether oxygens (including phenoxy) is 1. The van der Waals surface area contributed by atoms with Crippen LogP contribution in [0.1, 0.15) is 53.3 Å². The minimum Gasteiger partial charge on any atom is -0.496 e. The summed E-state index contributed by atoms with van der Waals surface area (Å²) in [5.41, 5.74) is 4.17. The van der Waals surface area contributed by atoms with Crippen molar-refractivity contribution >= 4 is 5.78 Å². The number of hydrogen-bond donors (Lipinski definition) is 0. The molecular weight excluding hydrogens is 376 g/mol. The maximum absolute atomic E-state index is 13.5. The molecule has 1 atom stereocenters. The average molecular weight is 401 g/mol.